The molecule has 5 nitrogen and oxygen atoms in total. The first-order valence-electron chi connectivity index (χ1n) is 6.74. The molecule has 1 unspecified atom stereocenters. The third-order valence-electron chi connectivity index (χ3n) is 3.43. The minimum Gasteiger partial charge on any atom is -0.352 e. The molecule has 0 spiro atoms. The maximum atomic E-state index is 12.0. The van der Waals surface area contributed by atoms with E-state index in [4.69, 9.17) is 0 Å². The molecule has 18 heavy (non-hydrogen) atoms. The second-order valence-corrected chi connectivity index (χ2v) is 4.85. The van der Waals surface area contributed by atoms with Gasteiger partial charge in [-0.3, -0.25) is 9.48 Å². The summed E-state index contributed by atoms with van der Waals surface area (Å²) in [5, 5.41) is 10.7. The Bertz CT molecular complexity index is 407. The SMILES string of the molecule is CCc1nn(C)cc1C(=O)NCCC1CCCN1. The first-order chi connectivity index (χ1) is 8.70. The minimum atomic E-state index is -0.00190. The van der Waals surface area contributed by atoms with Crippen molar-refractivity contribution in [3.8, 4) is 0 Å². The van der Waals surface area contributed by atoms with Gasteiger partial charge in [-0.25, -0.2) is 0 Å². The van der Waals surface area contributed by atoms with Gasteiger partial charge in [0, 0.05) is 25.8 Å². The summed E-state index contributed by atoms with van der Waals surface area (Å²) < 4.78 is 1.70. The monoisotopic (exact) mass is 250 g/mol. The van der Waals surface area contributed by atoms with Crippen molar-refractivity contribution in [3.05, 3.63) is 17.5 Å². The van der Waals surface area contributed by atoms with Crippen LogP contribution in [0.25, 0.3) is 0 Å². The van der Waals surface area contributed by atoms with Crippen LogP contribution in [0.5, 0.6) is 0 Å². The molecule has 1 saturated heterocycles. The molecule has 1 aliphatic rings. The molecule has 5 heteroatoms. The third-order valence-corrected chi connectivity index (χ3v) is 3.43. The molecule has 2 N–H and O–H groups in total. The van der Waals surface area contributed by atoms with E-state index in [-0.39, 0.29) is 5.91 Å². The maximum absolute atomic E-state index is 12.0. The lowest BCUT2D eigenvalue weighted by atomic mass is 10.1. The van der Waals surface area contributed by atoms with E-state index in [0.29, 0.717) is 11.6 Å². The first-order valence-corrected chi connectivity index (χ1v) is 6.74. The Morgan fingerprint density at radius 2 is 2.50 bits per heavy atom. The van der Waals surface area contributed by atoms with E-state index in [1.54, 1.807) is 10.9 Å². The highest BCUT2D eigenvalue weighted by Gasteiger charge is 2.16. The zero-order chi connectivity index (χ0) is 13.0. The Balaban J connectivity index is 1.83. The number of aryl methyl sites for hydroxylation is 2. The Kier molecular flexibility index (Phi) is 4.36. The largest absolute Gasteiger partial charge is 0.352 e. The Morgan fingerprint density at radius 3 is 3.17 bits per heavy atom. The highest BCUT2D eigenvalue weighted by atomic mass is 16.1. The van der Waals surface area contributed by atoms with Crippen LogP contribution < -0.4 is 10.6 Å². The molecule has 0 bridgehead atoms. The van der Waals surface area contributed by atoms with Crippen LogP contribution in [0.15, 0.2) is 6.20 Å². The van der Waals surface area contributed by atoms with Crippen LogP contribution in [0.4, 0.5) is 0 Å². The van der Waals surface area contributed by atoms with Gasteiger partial charge in [0.2, 0.25) is 0 Å². The number of nitrogens with zero attached hydrogens (tertiary/aromatic N) is 2. The fourth-order valence-corrected chi connectivity index (χ4v) is 2.44. The fourth-order valence-electron chi connectivity index (χ4n) is 2.44. The van der Waals surface area contributed by atoms with E-state index >= 15 is 0 Å². The number of nitrogens with one attached hydrogen (secondary N) is 2. The number of aromatic nitrogens is 2. The average molecular weight is 250 g/mol. The van der Waals surface area contributed by atoms with Crippen molar-refractivity contribution in [1.82, 2.24) is 20.4 Å². The van der Waals surface area contributed by atoms with Crippen molar-refractivity contribution in [1.29, 1.82) is 0 Å². The summed E-state index contributed by atoms with van der Waals surface area (Å²) in [4.78, 5) is 12.0. The highest BCUT2D eigenvalue weighted by molar-refractivity contribution is 5.95. The van der Waals surface area contributed by atoms with E-state index in [2.05, 4.69) is 15.7 Å². The van der Waals surface area contributed by atoms with Crippen molar-refractivity contribution in [2.24, 2.45) is 7.05 Å². The van der Waals surface area contributed by atoms with Gasteiger partial charge in [0.15, 0.2) is 0 Å². The molecular formula is C13H22N4O. The van der Waals surface area contributed by atoms with Gasteiger partial charge >= 0.3 is 0 Å². The molecule has 100 valence electrons. The molecule has 1 atom stereocenters. The van der Waals surface area contributed by atoms with Crippen LogP contribution >= 0.6 is 0 Å². The molecule has 0 aromatic carbocycles. The summed E-state index contributed by atoms with van der Waals surface area (Å²) in [5.41, 5.74) is 1.58. The number of carbonyl (C=O) groups excluding carboxylic acids is 1. The van der Waals surface area contributed by atoms with E-state index in [0.717, 1.165) is 31.6 Å². The van der Waals surface area contributed by atoms with Gasteiger partial charge in [0.1, 0.15) is 0 Å². The van der Waals surface area contributed by atoms with Gasteiger partial charge in [-0.15, -0.1) is 0 Å². The molecule has 1 aromatic rings. The Morgan fingerprint density at radius 1 is 1.67 bits per heavy atom. The van der Waals surface area contributed by atoms with Crippen LogP contribution in [0.1, 0.15) is 42.2 Å². The number of carbonyl (C=O) groups is 1. The maximum Gasteiger partial charge on any atom is 0.254 e. The predicted octanol–water partition coefficient (Wildman–Crippen LogP) is 0.854. The van der Waals surface area contributed by atoms with Crippen LogP contribution in [0.3, 0.4) is 0 Å². The lowest BCUT2D eigenvalue weighted by Gasteiger charge is -2.10. The molecule has 2 heterocycles. The number of hydrogen-bond donors (Lipinski definition) is 2. The zero-order valence-electron chi connectivity index (χ0n) is 11.2. The van der Waals surface area contributed by atoms with Gasteiger partial charge in [-0.2, -0.15) is 5.10 Å². The zero-order valence-corrected chi connectivity index (χ0v) is 11.2. The van der Waals surface area contributed by atoms with E-state index in [9.17, 15) is 4.79 Å². The average Bonchev–Trinajstić information content (AvgIpc) is 2.98. The van der Waals surface area contributed by atoms with Crippen molar-refractivity contribution in [3.63, 3.8) is 0 Å². The lowest BCUT2D eigenvalue weighted by molar-refractivity contribution is 0.0951. The molecule has 1 aliphatic heterocycles. The molecule has 1 aromatic heterocycles. The van der Waals surface area contributed by atoms with Gasteiger partial charge in [0.05, 0.1) is 11.3 Å². The number of amides is 1. The molecule has 0 saturated carbocycles. The Hall–Kier alpha value is -1.36. The smallest absolute Gasteiger partial charge is 0.254 e. The van der Waals surface area contributed by atoms with Crippen molar-refractivity contribution < 1.29 is 4.79 Å². The van der Waals surface area contributed by atoms with Crippen molar-refractivity contribution in [2.45, 2.75) is 38.6 Å². The summed E-state index contributed by atoms with van der Waals surface area (Å²) in [7, 11) is 1.85. The summed E-state index contributed by atoms with van der Waals surface area (Å²) in [6.45, 7) is 3.86. The molecule has 0 radical (unpaired) electrons. The molecule has 1 amide bonds. The van der Waals surface area contributed by atoms with Crippen LogP contribution in [-0.4, -0.2) is 34.8 Å². The molecular weight excluding hydrogens is 228 g/mol. The van der Waals surface area contributed by atoms with Gasteiger partial charge < -0.3 is 10.6 Å². The number of hydrogen-bond acceptors (Lipinski definition) is 3. The van der Waals surface area contributed by atoms with E-state index < -0.39 is 0 Å². The van der Waals surface area contributed by atoms with Gasteiger partial charge in [-0.05, 0) is 32.2 Å². The first kappa shape index (κ1) is 13.1. The lowest BCUT2D eigenvalue weighted by Crippen LogP contribution is -2.30. The fraction of sp³-hybridized carbons (Fsp3) is 0.692. The molecule has 2 rings (SSSR count). The highest BCUT2D eigenvalue weighted by Crippen LogP contribution is 2.09. The minimum absolute atomic E-state index is 0.00190. The molecule has 1 fully saturated rings. The second-order valence-electron chi connectivity index (χ2n) is 4.85. The topological polar surface area (TPSA) is 59.0 Å². The van der Waals surface area contributed by atoms with E-state index in [1.807, 2.05) is 14.0 Å². The summed E-state index contributed by atoms with van der Waals surface area (Å²) in [5.74, 6) is -0.00190. The van der Waals surface area contributed by atoms with Crippen molar-refractivity contribution in [2.75, 3.05) is 13.1 Å². The van der Waals surface area contributed by atoms with Crippen LogP contribution in [0.2, 0.25) is 0 Å². The van der Waals surface area contributed by atoms with Crippen LogP contribution in [-0.2, 0) is 13.5 Å². The summed E-state index contributed by atoms with van der Waals surface area (Å²) >= 11 is 0. The van der Waals surface area contributed by atoms with Gasteiger partial charge in [-0.1, -0.05) is 6.92 Å². The predicted molar refractivity (Wildman–Crippen MR) is 70.6 cm³/mol. The summed E-state index contributed by atoms with van der Waals surface area (Å²) in [6.07, 6.45) is 6.06. The summed E-state index contributed by atoms with van der Waals surface area (Å²) in [6, 6.07) is 0.574. The van der Waals surface area contributed by atoms with Crippen LogP contribution in [0, 0.1) is 0 Å². The van der Waals surface area contributed by atoms with E-state index in [1.165, 1.54) is 12.8 Å². The standard InChI is InChI=1S/C13H22N4O/c1-3-12-11(9-17(2)16-12)13(18)15-8-6-10-5-4-7-14-10/h9-10,14H,3-8H2,1-2H3,(H,15,18). The number of rotatable bonds is 5. The Labute approximate surface area is 108 Å². The third kappa shape index (κ3) is 3.10. The van der Waals surface area contributed by atoms with Crippen molar-refractivity contribution >= 4 is 5.91 Å². The quantitative estimate of drug-likeness (QED) is 0.814. The normalized spacial score (nSPS) is 19.1. The van der Waals surface area contributed by atoms with Gasteiger partial charge in [0.25, 0.3) is 5.91 Å². The molecule has 0 aliphatic carbocycles. The second kappa shape index (κ2) is 6.00.